The molecule has 0 N–H and O–H groups in total. The van der Waals surface area contributed by atoms with Crippen molar-refractivity contribution in [1.82, 2.24) is 19.4 Å². The number of rotatable bonds is 3. The minimum absolute atomic E-state index is 0.789. The van der Waals surface area contributed by atoms with Crippen molar-refractivity contribution in [1.29, 1.82) is 0 Å². The molecule has 1 saturated heterocycles. The Balaban J connectivity index is 1.49. The van der Waals surface area contributed by atoms with E-state index in [9.17, 15) is 0 Å². The number of imidazole rings is 1. The van der Waals surface area contributed by atoms with Crippen molar-refractivity contribution in [2.75, 3.05) is 31.2 Å². The minimum atomic E-state index is 0.789. The summed E-state index contributed by atoms with van der Waals surface area (Å²) in [7, 11) is 0. The van der Waals surface area contributed by atoms with Crippen molar-refractivity contribution < 1.29 is 4.74 Å². The Bertz CT molecular complexity index is 1050. The van der Waals surface area contributed by atoms with E-state index in [1.54, 1.807) is 6.20 Å². The van der Waals surface area contributed by atoms with E-state index < -0.39 is 0 Å². The minimum Gasteiger partial charge on any atom is -0.378 e. The number of benzene rings is 1. The van der Waals surface area contributed by atoms with Gasteiger partial charge in [-0.2, -0.15) is 0 Å². The Morgan fingerprint density at radius 1 is 0.852 bits per heavy atom. The molecular formula is C21H19N5O. The van der Waals surface area contributed by atoms with E-state index in [0.29, 0.717) is 0 Å². The monoisotopic (exact) mass is 357 g/mol. The smallest absolute Gasteiger partial charge is 0.155 e. The summed E-state index contributed by atoms with van der Waals surface area (Å²) in [5.74, 6) is 0. The lowest BCUT2D eigenvalue weighted by atomic mass is 10.1. The van der Waals surface area contributed by atoms with Gasteiger partial charge in [-0.3, -0.25) is 14.4 Å². The summed E-state index contributed by atoms with van der Waals surface area (Å²) in [6, 6.07) is 12.5. The molecule has 3 aromatic heterocycles. The van der Waals surface area contributed by atoms with Gasteiger partial charge in [-0.1, -0.05) is 12.1 Å². The Morgan fingerprint density at radius 3 is 2.48 bits per heavy atom. The highest BCUT2D eigenvalue weighted by Crippen LogP contribution is 2.25. The SMILES string of the molecule is c1cncc(-c2cnc3cnc(-c4ccc(N5CCOCC5)cc4)cn23)c1. The van der Waals surface area contributed by atoms with Crippen LogP contribution in [0, 0.1) is 0 Å². The van der Waals surface area contributed by atoms with E-state index in [-0.39, 0.29) is 0 Å². The van der Waals surface area contributed by atoms with Gasteiger partial charge in [0.25, 0.3) is 0 Å². The second-order valence-electron chi connectivity index (χ2n) is 6.53. The first-order valence-corrected chi connectivity index (χ1v) is 9.05. The van der Waals surface area contributed by atoms with Crippen LogP contribution in [-0.4, -0.2) is 45.7 Å². The predicted octanol–water partition coefficient (Wildman–Crippen LogP) is 3.29. The molecule has 1 aliphatic heterocycles. The summed E-state index contributed by atoms with van der Waals surface area (Å²) in [6.07, 6.45) is 9.33. The van der Waals surface area contributed by atoms with Crippen LogP contribution in [0.2, 0.25) is 0 Å². The lowest BCUT2D eigenvalue weighted by molar-refractivity contribution is 0.122. The first kappa shape index (κ1) is 16.0. The van der Waals surface area contributed by atoms with Crippen LogP contribution >= 0.6 is 0 Å². The standard InChI is InChI=1S/C21H19N5O/c1-2-17(12-22-7-1)20-13-24-21-14-23-19(15-26(20)21)16-3-5-18(6-4-16)25-8-10-27-11-9-25/h1-7,12-15H,8-11H2. The first-order valence-electron chi connectivity index (χ1n) is 9.05. The van der Waals surface area contributed by atoms with Gasteiger partial charge in [0.05, 0.1) is 37.0 Å². The third-order valence-corrected chi connectivity index (χ3v) is 4.89. The Hall–Kier alpha value is -3.25. The van der Waals surface area contributed by atoms with Crippen LogP contribution < -0.4 is 4.90 Å². The number of fused-ring (bicyclic) bond motifs is 1. The Labute approximate surface area is 157 Å². The highest BCUT2D eigenvalue weighted by molar-refractivity contribution is 5.67. The Kier molecular flexibility index (Phi) is 4.03. The van der Waals surface area contributed by atoms with Gasteiger partial charge in [-0.05, 0) is 24.3 Å². The molecule has 0 aliphatic carbocycles. The highest BCUT2D eigenvalue weighted by Gasteiger charge is 2.12. The zero-order valence-corrected chi connectivity index (χ0v) is 14.8. The zero-order valence-electron chi connectivity index (χ0n) is 14.8. The average molecular weight is 357 g/mol. The topological polar surface area (TPSA) is 55.5 Å². The molecule has 0 unspecified atom stereocenters. The molecule has 1 fully saturated rings. The van der Waals surface area contributed by atoms with Crippen molar-refractivity contribution in [2.24, 2.45) is 0 Å². The van der Waals surface area contributed by atoms with Gasteiger partial charge < -0.3 is 9.64 Å². The van der Waals surface area contributed by atoms with Crippen LogP contribution in [-0.2, 0) is 4.74 Å². The normalized spacial score (nSPS) is 14.6. The lowest BCUT2D eigenvalue weighted by Crippen LogP contribution is -2.36. The van der Waals surface area contributed by atoms with E-state index in [4.69, 9.17) is 4.74 Å². The first-order chi connectivity index (χ1) is 13.4. The molecule has 0 bridgehead atoms. The van der Waals surface area contributed by atoms with Crippen LogP contribution in [0.5, 0.6) is 0 Å². The summed E-state index contributed by atoms with van der Waals surface area (Å²) in [4.78, 5) is 15.6. The molecule has 0 radical (unpaired) electrons. The molecule has 1 aromatic carbocycles. The molecule has 5 rings (SSSR count). The van der Waals surface area contributed by atoms with Gasteiger partial charge >= 0.3 is 0 Å². The summed E-state index contributed by atoms with van der Waals surface area (Å²) in [5, 5.41) is 0. The third-order valence-electron chi connectivity index (χ3n) is 4.89. The van der Waals surface area contributed by atoms with E-state index in [1.165, 1.54) is 5.69 Å². The summed E-state index contributed by atoms with van der Waals surface area (Å²) >= 11 is 0. The van der Waals surface area contributed by atoms with Crippen LogP contribution in [0.3, 0.4) is 0 Å². The molecule has 0 spiro atoms. The van der Waals surface area contributed by atoms with Crippen molar-refractivity contribution in [3.63, 3.8) is 0 Å². The quantitative estimate of drug-likeness (QED) is 0.563. The van der Waals surface area contributed by atoms with Crippen LogP contribution in [0.15, 0.2) is 67.4 Å². The number of pyridine rings is 1. The fourth-order valence-corrected chi connectivity index (χ4v) is 3.43. The van der Waals surface area contributed by atoms with Gasteiger partial charge in [0.15, 0.2) is 5.65 Å². The molecule has 6 nitrogen and oxygen atoms in total. The van der Waals surface area contributed by atoms with Gasteiger partial charge in [0.2, 0.25) is 0 Å². The van der Waals surface area contributed by atoms with Gasteiger partial charge in [-0.15, -0.1) is 0 Å². The lowest BCUT2D eigenvalue weighted by Gasteiger charge is -2.28. The molecule has 1 aliphatic rings. The number of morpholine rings is 1. The van der Waals surface area contributed by atoms with Gasteiger partial charge in [-0.25, -0.2) is 4.98 Å². The number of aromatic nitrogens is 4. The molecule has 0 atom stereocenters. The number of hydrogen-bond donors (Lipinski definition) is 0. The van der Waals surface area contributed by atoms with Gasteiger partial charge in [0.1, 0.15) is 0 Å². The summed E-state index contributed by atoms with van der Waals surface area (Å²) in [6.45, 7) is 3.45. The Morgan fingerprint density at radius 2 is 1.70 bits per heavy atom. The van der Waals surface area contributed by atoms with E-state index in [1.807, 2.05) is 36.9 Å². The second-order valence-corrected chi connectivity index (χ2v) is 6.53. The molecule has 134 valence electrons. The molecular weight excluding hydrogens is 338 g/mol. The predicted molar refractivity (Wildman–Crippen MR) is 105 cm³/mol. The molecule has 0 amide bonds. The number of nitrogens with zero attached hydrogens (tertiary/aromatic N) is 5. The van der Waals surface area contributed by atoms with Gasteiger partial charge in [0, 0.05) is 48.5 Å². The van der Waals surface area contributed by atoms with Crippen molar-refractivity contribution >= 4 is 11.3 Å². The van der Waals surface area contributed by atoms with E-state index in [0.717, 1.165) is 54.5 Å². The summed E-state index contributed by atoms with van der Waals surface area (Å²) in [5.41, 5.74) is 6.08. The fraction of sp³-hybridized carbons (Fsp3) is 0.190. The average Bonchev–Trinajstić information content (AvgIpc) is 3.18. The number of anilines is 1. The van der Waals surface area contributed by atoms with Crippen molar-refractivity contribution in [2.45, 2.75) is 0 Å². The summed E-state index contributed by atoms with van der Waals surface area (Å²) < 4.78 is 7.50. The maximum absolute atomic E-state index is 5.43. The largest absolute Gasteiger partial charge is 0.378 e. The maximum atomic E-state index is 5.43. The molecule has 0 saturated carbocycles. The molecule has 27 heavy (non-hydrogen) atoms. The van der Waals surface area contributed by atoms with E-state index >= 15 is 0 Å². The van der Waals surface area contributed by atoms with E-state index in [2.05, 4.69) is 48.5 Å². The maximum Gasteiger partial charge on any atom is 0.155 e. The fourth-order valence-electron chi connectivity index (χ4n) is 3.43. The number of hydrogen-bond acceptors (Lipinski definition) is 5. The number of ether oxygens (including phenoxy) is 1. The molecule has 4 heterocycles. The van der Waals surface area contributed by atoms with Crippen molar-refractivity contribution in [3.05, 3.63) is 67.4 Å². The van der Waals surface area contributed by atoms with Crippen LogP contribution in [0.25, 0.3) is 28.2 Å². The van der Waals surface area contributed by atoms with Crippen molar-refractivity contribution in [3.8, 4) is 22.5 Å². The second kappa shape index (κ2) is 6.81. The molecule has 6 heteroatoms. The third kappa shape index (κ3) is 3.04. The molecule has 4 aromatic rings. The zero-order chi connectivity index (χ0) is 18.1. The van der Waals surface area contributed by atoms with Crippen LogP contribution in [0.1, 0.15) is 0 Å². The highest BCUT2D eigenvalue weighted by atomic mass is 16.5. The van der Waals surface area contributed by atoms with Crippen LogP contribution in [0.4, 0.5) is 5.69 Å².